The van der Waals surface area contributed by atoms with E-state index in [4.69, 9.17) is 42.6 Å². The van der Waals surface area contributed by atoms with E-state index in [0.29, 0.717) is 42.4 Å². The molecule has 0 unspecified atom stereocenters. The Morgan fingerprint density at radius 1 is 0.575 bits per heavy atom. The molecule has 9 aliphatic rings. The van der Waals surface area contributed by atoms with Crippen molar-refractivity contribution in [2.24, 2.45) is 46.3 Å². The Morgan fingerprint density at radius 2 is 1.15 bits per heavy atom. The molecule has 13 N–H and O–H groups in total. The van der Waals surface area contributed by atoms with Crippen molar-refractivity contribution < 1.29 is 109 Å². The van der Waals surface area contributed by atoms with Crippen LogP contribution in [0.2, 0.25) is 0 Å². The minimum Gasteiger partial charge on any atom is -0.494 e. The third kappa shape index (κ3) is 10.3. The minimum atomic E-state index is -1.84. The first-order valence-electron chi connectivity index (χ1n) is 26.8. The number of aliphatic hydroxyl groups excluding tert-OH is 13. The van der Waals surface area contributed by atoms with Crippen LogP contribution in [0.25, 0.3) is 0 Å². The second-order valence-corrected chi connectivity index (χ2v) is 23.7. The molecule has 5 heterocycles. The first-order valence-corrected chi connectivity index (χ1v) is 26.8. The summed E-state index contributed by atoms with van der Waals surface area (Å²) >= 11 is 0. The van der Waals surface area contributed by atoms with Crippen molar-refractivity contribution >= 4 is 0 Å². The maximum atomic E-state index is 12.1. The van der Waals surface area contributed by atoms with Crippen molar-refractivity contribution in [2.75, 3.05) is 26.4 Å². The molecule has 4 aliphatic carbocycles. The molecule has 0 aromatic carbocycles. The lowest BCUT2D eigenvalue weighted by Crippen LogP contribution is -2.67. The normalized spacial score (nSPS) is 53.5. The van der Waals surface area contributed by atoms with Gasteiger partial charge in [-0.25, -0.2) is 0 Å². The van der Waals surface area contributed by atoms with E-state index in [9.17, 15) is 66.4 Å². The molecule has 0 bridgehead atoms. The summed E-state index contributed by atoms with van der Waals surface area (Å²) in [5, 5.41) is 136. The zero-order valence-corrected chi connectivity index (χ0v) is 42.6. The van der Waals surface area contributed by atoms with E-state index in [1.54, 1.807) is 0 Å². The summed E-state index contributed by atoms with van der Waals surface area (Å²) in [6, 6.07) is 0. The van der Waals surface area contributed by atoms with Gasteiger partial charge in [-0.1, -0.05) is 20.8 Å². The molecular weight excluding hydrogens is 965 g/mol. The smallest absolute Gasteiger partial charge is 0.187 e. The van der Waals surface area contributed by atoms with E-state index in [2.05, 4.69) is 20.8 Å². The molecule has 8 fully saturated rings. The van der Waals surface area contributed by atoms with Crippen LogP contribution in [-0.4, -0.2) is 228 Å². The summed E-state index contributed by atoms with van der Waals surface area (Å²) < 4.78 is 54.7. The lowest BCUT2D eigenvalue weighted by molar-refractivity contribution is -0.390. The first-order chi connectivity index (χ1) is 34.6. The van der Waals surface area contributed by atoms with Crippen LogP contribution in [0.1, 0.15) is 98.8 Å². The summed E-state index contributed by atoms with van der Waals surface area (Å²) in [5.41, 5.74) is 1.44. The maximum absolute atomic E-state index is 12.1. The van der Waals surface area contributed by atoms with Crippen LogP contribution in [0.4, 0.5) is 0 Å². The fourth-order valence-electron chi connectivity index (χ4n) is 15.1. The Kier molecular flexibility index (Phi) is 17.3. The van der Waals surface area contributed by atoms with Crippen LogP contribution < -0.4 is 0 Å². The number of hydrogen-bond donors (Lipinski definition) is 13. The molecular formula is C51H84O22. The Labute approximate surface area is 426 Å². The zero-order chi connectivity index (χ0) is 52.6. The number of fused-ring (bicyclic) bond motifs is 7. The van der Waals surface area contributed by atoms with E-state index >= 15 is 0 Å². The number of allylic oxidation sites excluding steroid dienone is 1. The third-order valence-corrected chi connectivity index (χ3v) is 19.4. The van der Waals surface area contributed by atoms with Crippen LogP contribution in [0.3, 0.4) is 0 Å². The Balaban J connectivity index is 0.836. The Hall–Kier alpha value is -1.30. The molecule has 4 saturated heterocycles. The fraction of sp³-hybridized carbons (Fsp3) is 0.961. The van der Waals surface area contributed by atoms with Crippen molar-refractivity contribution in [1.29, 1.82) is 0 Å². The van der Waals surface area contributed by atoms with Gasteiger partial charge in [0.2, 0.25) is 0 Å². The molecule has 30 atom stereocenters. The molecule has 0 aromatic rings. The average molecular weight is 1050 g/mol. The van der Waals surface area contributed by atoms with Crippen LogP contribution in [0, 0.1) is 46.3 Å². The van der Waals surface area contributed by atoms with E-state index < -0.39 is 143 Å². The van der Waals surface area contributed by atoms with Crippen molar-refractivity contribution in [3.63, 3.8) is 0 Å². The summed E-state index contributed by atoms with van der Waals surface area (Å²) in [5.74, 6) is 3.27. The molecule has 22 heteroatoms. The molecule has 9 rings (SSSR count). The van der Waals surface area contributed by atoms with Crippen molar-refractivity contribution in [1.82, 2.24) is 0 Å². The second-order valence-electron chi connectivity index (χ2n) is 23.7. The maximum Gasteiger partial charge on any atom is 0.187 e. The van der Waals surface area contributed by atoms with E-state index in [0.717, 1.165) is 57.1 Å². The lowest BCUT2D eigenvalue weighted by Gasteiger charge is -2.61. The molecule has 0 amide bonds. The third-order valence-electron chi connectivity index (χ3n) is 19.4. The Bertz CT molecular complexity index is 1880. The van der Waals surface area contributed by atoms with Gasteiger partial charge in [0.25, 0.3) is 0 Å². The summed E-state index contributed by atoms with van der Waals surface area (Å²) in [6.45, 7) is 8.95. The van der Waals surface area contributed by atoms with Gasteiger partial charge in [0, 0.05) is 12.3 Å². The molecule has 5 aliphatic heterocycles. The van der Waals surface area contributed by atoms with Gasteiger partial charge in [0.05, 0.1) is 44.4 Å². The van der Waals surface area contributed by atoms with Gasteiger partial charge >= 0.3 is 0 Å². The van der Waals surface area contributed by atoms with Crippen molar-refractivity contribution in [3.8, 4) is 0 Å². The number of hydrogen-bond acceptors (Lipinski definition) is 22. The van der Waals surface area contributed by atoms with Gasteiger partial charge in [-0.05, 0) is 118 Å². The zero-order valence-electron chi connectivity index (χ0n) is 42.6. The molecule has 0 aromatic heterocycles. The first kappa shape index (κ1) is 56.4. The highest BCUT2D eigenvalue weighted by molar-refractivity contribution is 5.27. The van der Waals surface area contributed by atoms with Gasteiger partial charge in [-0.2, -0.15) is 0 Å². The number of ether oxygens (including phenoxy) is 9. The monoisotopic (exact) mass is 1050 g/mol. The summed E-state index contributed by atoms with van der Waals surface area (Å²) in [7, 11) is 0. The highest BCUT2D eigenvalue weighted by atomic mass is 16.8. The highest BCUT2D eigenvalue weighted by Crippen LogP contribution is 2.70. The lowest BCUT2D eigenvalue weighted by atomic mass is 9.44. The highest BCUT2D eigenvalue weighted by Gasteiger charge is 2.65. The van der Waals surface area contributed by atoms with E-state index in [-0.39, 0.29) is 35.6 Å². The predicted octanol–water partition coefficient (Wildman–Crippen LogP) is -1.98. The van der Waals surface area contributed by atoms with E-state index in [1.807, 2.05) is 6.92 Å². The van der Waals surface area contributed by atoms with Gasteiger partial charge in [-0.15, -0.1) is 0 Å². The van der Waals surface area contributed by atoms with Gasteiger partial charge < -0.3 is 109 Å². The number of aliphatic hydroxyl groups is 13. The SMILES string of the molecule is CC1=C(CC[C@@H](C)CO[C@@H]2O[C@H](CO)[C@@H](O)[C@H](O)[C@H]2O)O[C@H]2C[C@H]3[C@@H]4CC[C@H]5C[C@@H](O[C@@H]6O[C@H](CO)[C@H](O[C@@H]7O[C@H](CO)[C@@H](O)[C@H](O)[C@H]7O)[C@H](O)[C@H]6O[C@@H]6O[C@@H](C)[C@H](O)[C@@H](O)[C@H]6O)CC[C@]5(C)[C@H]4CC[C@]3(C)[C@@H]12. The van der Waals surface area contributed by atoms with Crippen molar-refractivity contribution in [3.05, 3.63) is 11.3 Å². The predicted molar refractivity (Wildman–Crippen MR) is 249 cm³/mol. The van der Waals surface area contributed by atoms with Crippen LogP contribution in [-0.2, 0) is 42.6 Å². The largest absolute Gasteiger partial charge is 0.494 e. The van der Waals surface area contributed by atoms with Gasteiger partial charge in [0.1, 0.15) is 97.7 Å². The fourth-order valence-corrected chi connectivity index (χ4v) is 15.1. The molecule has 420 valence electrons. The van der Waals surface area contributed by atoms with Gasteiger partial charge in [0.15, 0.2) is 25.2 Å². The van der Waals surface area contributed by atoms with Crippen LogP contribution in [0.15, 0.2) is 11.3 Å². The second kappa shape index (κ2) is 22.4. The molecule has 22 nitrogen and oxygen atoms in total. The van der Waals surface area contributed by atoms with Crippen LogP contribution >= 0.6 is 0 Å². The molecule has 0 spiro atoms. The topological polar surface area (TPSA) is 346 Å². The van der Waals surface area contributed by atoms with Crippen LogP contribution in [0.5, 0.6) is 0 Å². The summed E-state index contributed by atoms with van der Waals surface area (Å²) in [4.78, 5) is 0. The van der Waals surface area contributed by atoms with Gasteiger partial charge in [-0.3, -0.25) is 0 Å². The Morgan fingerprint density at radius 3 is 1.81 bits per heavy atom. The number of rotatable bonds is 15. The standard InChI is InChI=1S/C51H84O22/c1-20(19-65-46-40(61)38(59)35(56)30(16-52)69-46)6-9-28-21(2)33-29(68-28)15-27-25-8-7-23-14-24(10-12-50(23,4)26(25)11-13-51(27,33)5)67-49-45(73-47-41(62)37(58)34(55)22(3)66-47)43(64)44(32(18-54)71-49)72-48-42(63)39(60)36(57)31(17-53)70-48/h20,22-27,29-49,52-64H,6-19H2,1-5H3/t20-,22+,23+,24+,25-,26+,27+,29+,30-,31-,32-,33+,34+,35-,36-,37-,38+,39+,40-,41-,42-,43+,44+,45-,46-,47+,48+,49-,50+,51+/m1/s1. The quantitative estimate of drug-likeness (QED) is 0.0791. The van der Waals surface area contributed by atoms with Crippen molar-refractivity contribution in [2.45, 2.75) is 234 Å². The average Bonchev–Trinajstić information content (AvgIpc) is 3.86. The van der Waals surface area contributed by atoms with E-state index in [1.165, 1.54) is 12.5 Å². The summed E-state index contributed by atoms with van der Waals surface area (Å²) in [6.07, 6.45) is -21.1. The molecule has 73 heavy (non-hydrogen) atoms. The minimum absolute atomic E-state index is 0.0283. The molecule has 0 radical (unpaired) electrons. The molecule has 4 saturated carbocycles.